The Balaban J connectivity index is 1.39. The van der Waals surface area contributed by atoms with Crippen molar-refractivity contribution in [1.82, 2.24) is 9.36 Å². The van der Waals surface area contributed by atoms with Gasteiger partial charge in [0.25, 0.3) is 0 Å². The lowest BCUT2D eigenvalue weighted by molar-refractivity contribution is 0.635. The number of anilines is 1. The van der Waals surface area contributed by atoms with E-state index in [1.807, 2.05) is 0 Å². The fraction of sp³-hybridized carbons (Fsp3) is 0.429. The van der Waals surface area contributed by atoms with E-state index in [-0.39, 0.29) is 0 Å². The average Bonchev–Trinajstić information content (AvgIpc) is 3.11. The first-order valence-corrected chi connectivity index (χ1v) is 7.33. The third kappa shape index (κ3) is 1.81. The maximum Gasteiger partial charge on any atom is 0.202 e. The third-order valence-corrected chi connectivity index (χ3v) is 4.53. The molecule has 1 aromatic heterocycles. The molecule has 4 heteroatoms. The Labute approximate surface area is 110 Å². The quantitative estimate of drug-likeness (QED) is 0.914. The van der Waals surface area contributed by atoms with Crippen LogP contribution in [-0.2, 0) is 6.42 Å². The summed E-state index contributed by atoms with van der Waals surface area (Å²) < 4.78 is 4.41. The van der Waals surface area contributed by atoms with Crippen LogP contribution in [0.5, 0.6) is 0 Å². The van der Waals surface area contributed by atoms with Crippen LogP contribution in [0.15, 0.2) is 24.3 Å². The second-order valence-electron chi connectivity index (χ2n) is 5.21. The van der Waals surface area contributed by atoms with Crippen LogP contribution < -0.4 is 5.32 Å². The Hall–Kier alpha value is -1.42. The van der Waals surface area contributed by atoms with Crippen molar-refractivity contribution in [3.63, 3.8) is 0 Å². The second kappa shape index (κ2) is 4.05. The van der Waals surface area contributed by atoms with E-state index in [1.54, 1.807) is 0 Å². The Morgan fingerprint density at radius 3 is 3.00 bits per heavy atom. The number of hydrogen-bond acceptors (Lipinski definition) is 4. The molecule has 18 heavy (non-hydrogen) atoms. The highest BCUT2D eigenvalue weighted by molar-refractivity contribution is 7.09. The smallest absolute Gasteiger partial charge is 0.202 e. The van der Waals surface area contributed by atoms with E-state index in [4.69, 9.17) is 0 Å². The highest BCUT2D eigenvalue weighted by Gasteiger charge is 2.28. The number of rotatable bonds is 4. The molecule has 92 valence electrons. The third-order valence-electron chi connectivity index (χ3n) is 3.85. The van der Waals surface area contributed by atoms with Crippen molar-refractivity contribution in [3.05, 3.63) is 41.2 Å². The maximum absolute atomic E-state index is 4.55. The second-order valence-corrected chi connectivity index (χ2v) is 5.96. The number of fused-ring (bicyclic) bond motifs is 1. The summed E-state index contributed by atoms with van der Waals surface area (Å²) in [5.41, 5.74) is 3.00. The topological polar surface area (TPSA) is 37.8 Å². The first-order chi connectivity index (χ1) is 8.90. The lowest BCUT2D eigenvalue weighted by Gasteiger charge is -2.29. The fourth-order valence-corrected chi connectivity index (χ4v) is 3.22. The highest BCUT2D eigenvalue weighted by atomic mass is 32.1. The van der Waals surface area contributed by atoms with E-state index >= 15 is 0 Å². The molecule has 1 N–H and O–H groups in total. The van der Waals surface area contributed by atoms with Gasteiger partial charge >= 0.3 is 0 Å². The first-order valence-electron chi connectivity index (χ1n) is 6.55. The van der Waals surface area contributed by atoms with E-state index < -0.39 is 0 Å². The molecule has 4 rings (SSSR count). The van der Waals surface area contributed by atoms with Gasteiger partial charge in [-0.2, -0.15) is 4.37 Å². The molecular formula is C14H15N3S. The Kier molecular flexibility index (Phi) is 2.36. The molecule has 1 atom stereocenters. The largest absolute Gasteiger partial charge is 0.360 e. The number of aromatic nitrogens is 2. The molecule has 0 spiro atoms. The predicted molar refractivity (Wildman–Crippen MR) is 73.3 cm³/mol. The Bertz CT molecular complexity index is 574. The van der Waals surface area contributed by atoms with Crippen molar-refractivity contribution in [3.8, 4) is 0 Å². The number of nitrogens with zero attached hydrogens (tertiary/aromatic N) is 2. The van der Waals surface area contributed by atoms with Crippen molar-refractivity contribution < 1.29 is 0 Å². The summed E-state index contributed by atoms with van der Waals surface area (Å²) in [6, 6.07) is 8.71. The zero-order valence-electron chi connectivity index (χ0n) is 10.1. The van der Waals surface area contributed by atoms with Gasteiger partial charge in [0.1, 0.15) is 5.82 Å². The zero-order valence-corrected chi connectivity index (χ0v) is 10.9. The van der Waals surface area contributed by atoms with E-state index in [9.17, 15) is 0 Å². The molecule has 1 fully saturated rings. The lowest BCUT2D eigenvalue weighted by Crippen LogP contribution is -2.24. The predicted octanol–water partition coefficient (Wildman–Crippen LogP) is 3.17. The van der Waals surface area contributed by atoms with Gasteiger partial charge in [-0.1, -0.05) is 24.3 Å². The van der Waals surface area contributed by atoms with Crippen molar-refractivity contribution >= 4 is 16.7 Å². The molecular weight excluding hydrogens is 242 g/mol. The molecule has 0 bridgehead atoms. The summed E-state index contributed by atoms with van der Waals surface area (Å²) in [5, 5.41) is 4.42. The molecule has 2 aliphatic carbocycles. The number of benzene rings is 1. The molecule has 0 aliphatic heterocycles. The van der Waals surface area contributed by atoms with Gasteiger partial charge < -0.3 is 5.32 Å². The molecule has 0 radical (unpaired) electrons. The van der Waals surface area contributed by atoms with E-state index in [0.29, 0.717) is 11.8 Å². The number of nitrogens with one attached hydrogen (secondary N) is 1. The minimum atomic E-state index is 0.648. The van der Waals surface area contributed by atoms with Gasteiger partial charge in [0.05, 0.1) is 0 Å². The first kappa shape index (κ1) is 10.5. The van der Waals surface area contributed by atoms with Gasteiger partial charge in [0.15, 0.2) is 0 Å². The van der Waals surface area contributed by atoms with Crippen LogP contribution in [0.3, 0.4) is 0 Å². The summed E-state index contributed by atoms with van der Waals surface area (Å²) in [5.74, 6) is 2.35. The van der Waals surface area contributed by atoms with Crippen molar-refractivity contribution in [1.29, 1.82) is 0 Å². The zero-order chi connectivity index (χ0) is 11.9. The highest BCUT2D eigenvalue weighted by Crippen LogP contribution is 2.39. The van der Waals surface area contributed by atoms with Crippen LogP contribution in [0.25, 0.3) is 0 Å². The molecule has 1 saturated carbocycles. The van der Waals surface area contributed by atoms with Crippen LogP contribution in [0.4, 0.5) is 5.13 Å². The van der Waals surface area contributed by atoms with Gasteiger partial charge in [0, 0.05) is 29.9 Å². The standard InChI is InChI=1S/C14H15N3S/c1-2-4-12-10(3-1)7-11(12)8-15-14-16-13(17-18-14)9-5-6-9/h1-4,9,11H,5-8H2,(H,15,16,17). The van der Waals surface area contributed by atoms with Crippen LogP contribution in [0.2, 0.25) is 0 Å². The average molecular weight is 257 g/mol. The summed E-state index contributed by atoms with van der Waals surface area (Å²) in [4.78, 5) is 4.55. The van der Waals surface area contributed by atoms with Crippen molar-refractivity contribution in [2.75, 3.05) is 11.9 Å². The van der Waals surface area contributed by atoms with Crippen molar-refractivity contribution in [2.45, 2.75) is 31.1 Å². The van der Waals surface area contributed by atoms with E-state index in [1.165, 1.54) is 41.9 Å². The molecule has 2 aliphatic rings. The molecule has 2 aromatic rings. The van der Waals surface area contributed by atoms with E-state index in [0.717, 1.165) is 17.5 Å². The van der Waals surface area contributed by atoms with Crippen LogP contribution in [-0.4, -0.2) is 15.9 Å². The van der Waals surface area contributed by atoms with Gasteiger partial charge in [-0.3, -0.25) is 0 Å². The monoisotopic (exact) mass is 257 g/mol. The van der Waals surface area contributed by atoms with Gasteiger partial charge in [0.2, 0.25) is 5.13 Å². The summed E-state index contributed by atoms with van der Waals surface area (Å²) in [7, 11) is 0. The Morgan fingerprint density at radius 2 is 2.17 bits per heavy atom. The molecule has 0 saturated heterocycles. The SMILES string of the molecule is c1ccc2c(c1)CC2CNc1nc(C2CC2)ns1. The lowest BCUT2D eigenvalue weighted by atomic mass is 9.78. The van der Waals surface area contributed by atoms with E-state index in [2.05, 4.69) is 38.9 Å². The normalized spacial score (nSPS) is 21.2. The fourth-order valence-electron chi connectivity index (χ4n) is 2.57. The molecule has 3 nitrogen and oxygen atoms in total. The number of hydrogen-bond donors (Lipinski definition) is 1. The van der Waals surface area contributed by atoms with Crippen LogP contribution in [0.1, 0.15) is 41.6 Å². The Morgan fingerprint density at radius 1 is 1.28 bits per heavy atom. The summed E-state index contributed by atoms with van der Waals surface area (Å²) in [6.07, 6.45) is 3.73. The molecule has 1 aromatic carbocycles. The minimum Gasteiger partial charge on any atom is -0.360 e. The van der Waals surface area contributed by atoms with Gasteiger partial charge in [-0.25, -0.2) is 4.98 Å². The van der Waals surface area contributed by atoms with Gasteiger partial charge in [-0.15, -0.1) is 0 Å². The minimum absolute atomic E-state index is 0.648. The summed E-state index contributed by atoms with van der Waals surface area (Å²) in [6.45, 7) is 0.982. The van der Waals surface area contributed by atoms with Gasteiger partial charge in [-0.05, 0) is 30.4 Å². The molecule has 1 unspecified atom stereocenters. The van der Waals surface area contributed by atoms with Crippen molar-refractivity contribution in [2.24, 2.45) is 0 Å². The summed E-state index contributed by atoms with van der Waals surface area (Å²) >= 11 is 1.50. The van der Waals surface area contributed by atoms with Crippen LogP contribution >= 0.6 is 11.5 Å². The molecule has 0 amide bonds. The molecule has 1 heterocycles. The van der Waals surface area contributed by atoms with Crippen LogP contribution in [0, 0.1) is 0 Å². The maximum atomic E-state index is 4.55.